The zero-order valence-corrected chi connectivity index (χ0v) is 14.7. The van der Waals surface area contributed by atoms with E-state index in [0.29, 0.717) is 23.9 Å². The average Bonchev–Trinajstić information content (AvgIpc) is 3.16. The van der Waals surface area contributed by atoms with Crippen molar-refractivity contribution >= 4 is 5.91 Å². The standard InChI is InChI=1S/C20H26N2O3/c1-22(18(12-13-23)15-8-4-2-5-9-15)20(24)17-14-25-19(21-17)16-10-6-3-7-11-16/h2,4-5,8-9,14,16,18,23H,3,6-7,10-13H2,1H3/t18-/m0/s1. The number of aromatic nitrogens is 1. The quantitative estimate of drug-likeness (QED) is 0.864. The maximum Gasteiger partial charge on any atom is 0.276 e. The van der Waals surface area contributed by atoms with Crippen molar-refractivity contribution in [3.05, 3.63) is 53.7 Å². The minimum atomic E-state index is -0.187. The summed E-state index contributed by atoms with van der Waals surface area (Å²) < 4.78 is 5.61. The largest absolute Gasteiger partial charge is 0.448 e. The van der Waals surface area contributed by atoms with E-state index < -0.39 is 0 Å². The molecule has 0 bridgehead atoms. The molecule has 1 aromatic heterocycles. The average molecular weight is 342 g/mol. The molecule has 1 aromatic carbocycles. The molecule has 1 heterocycles. The number of rotatable bonds is 6. The van der Waals surface area contributed by atoms with Gasteiger partial charge in [0.2, 0.25) is 0 Å². The molecule has 0 spiro atoms. The molecule has 1 aliphatic carbocycles. The van der Waals surface area contributed by atoms with Gasteiger partial charge >= 0.3 is 0 Å². The number of carbonyl (C=O) groups is 1. The molecule has 25 heavy (non-hydrogen) atoms. The van der Waals surface area contributed by atoms with Crippen LogP contribution in [-0.4, -0.2) is 34.6 Å². The molecular weight excluding hydrogens is 316 g/mol. The molecule has 1 amide bonds. The second-order valence-corrected chi connectivity index (χ2v) is 6.76. The summed E-state index contributed by atoms with van der Waals surface area (Å²) >= 11 is 0. The van der Waals surface area contributed by atoms with Crippen LogP contribution in [0.3, 0.4) is 0 Å². The molecular formula is C20H26N2O3. The molecule has 1 atom stereocenters. The highest BCUT2D eigenvalue weighted by atomic mass is 16.3. The zero-order chi connectivity index (χ0) is 17.6. The molecule has 1 saturated carbocycles. The van der Waals surface area contributed by atoms with Crippen molar-refractivity contribution < 1.29 is 14.3 Å². The Kier molecular flexibility index (Phi) is 5.87. The Labute approximate surface area is 148 Å². The third-order valence-corrected chi connectivity index (χ3v) is 5.07. The molecule has 5 heteroatoms. The SMILES string of the molecule is CN(C(=O)c1coc(C2CCCCC2)n1)[C@@H](CCO)c1ccccc1. The van der Waals surface area contributed by atoms with E-state index in [9.17, 15) is 9.90 Å². The van der Waals surface area contributed by atoms with Crippen molar-refractivity contribution in [3.8, 4) is 0 Å². The van der Waals surface area contributed by atoms with Crippen molar-refractivity contribution in [2.45, 2.75) is 50.5 Å². The summed E-state index contributed by atoms with van der Waals surface area (Å²) in [6.45, 7) is 0.0172. The van der Waals surface area contributed by atoms with Crippen LogP contribution in [0.5, 0.6) is 0 Å². The summed E-state index contributed by atoms with van der Waals surface area (Å²) in [5.74, 6) is 0.853. The number of amides is 1. The van der Waals surface area contributed by atoms with Gasteiger partial charge in [0.1, 0.15) is 6.26 Å². The van der Waals surface area contributed by atoms with Gasteiger partial charge in [0, 0.05) is 19.6 Å². The summed E-state index contributed by atoms with van der Waals surface area (Å²) in [6.07, 6.45) is 7.79. The molecule has 0 radical (unpaired) electrons. The Bertz CT molecular complexity index is 677. The maximum atomic E-state index is 12.9. The van der Waals surface area contributed by atoms with Crippen molar-refractivity contribution in [3.63, 3.8) is 0 Å². The van der Waals surface area contributed by atoms with Crippen LogP contribution in [0.4, 0.5) is 0 Å². The Balaban J connectivity index is 1.75. The number of aliphatic hydroxyl groups excluding tert-OH is 1. The highest BCUT2D eigenvalue weighted by Gasteiger charge is 2.27. The molecule has 134 valence electrons. The smallest absolute Gasteiger partial charge is 0.276 e. The second-order valence-electron chi connectivity index (χ2n) is 6.76. The lowest BCUT2D eigenvalue weighted by atomic mass is 9.89. The first-order valence-electron chi connectivity index (χ1n) is 9.09. The Morgan fingerprint density at radius 1 is 1.28 bits per heavy atom. The van der Waals surface area contributed by atoms with Gasteiger partial charge in [-0.25, -0.2) is 4.98 Å². The van der Waals surface area contributed by atoms with E-state index in [1.165, 1.54) is 25.5 Å². The third-order valence-electron chi connectivity index (χ3n) is 5.07. The molecule has 0 saturated heterocycles. The van der Waals surface area contributed by atoms with Crippen molar-refractivity contribution in [1.29, 1.82) is 0 Å². The molecule has 1 aliphatic rings. The van der Waals surface area contributed by atoms with Crippen LogP contribution in [0.1, 0.15) is 72.4 Å². The van der Waals surface area contributed by atoms with Gasteiger partial charge in [0.25, 0.3) is 5.91 Å². The highest BCUT2D eigenvalue weighted by molar-refractivity contribution is 5.92. The minimum absolute atomic E-state index is 0.0172. The lowest BCUT2D eigenvalue weighted by Crippen LogP contribution is -2.32. The summed E-state index contributed by atoms with van der Waals surface area (Å²) in [5.41, 5.74) is 1.35. The van der Waals surface area contributed by atoms with E-state index in [-0.39, 0.29) is 18.6 Å². The van der Waals surface area contributed by atoms with E-state index >= 15 is 0 Å². The number of oxazole rings is 1. The van der Waals surface area contributed by atoms with Gasteiger partial charge < -0.3 is 14.4 Å². The summed E-state index contributed by atoms with van der Waals surface area (Å²) in [7, 11) is 1.75. The highest BCUT2D eigenvalue weighted by Crippen LogP contribution is 2.32. The van der Waals surface area contributed by atoms with Crippen LogP contribution in [0, 0.1) is 0 Å². The molecule has 1 fully saturated rings. The van der Waals surface area contributed by atoms with Gasteiger partial charge in [-0.15, -0.1) is 0 Å². The lowest BCUT2D eigenvalue weighted by molar-refractivity contribution is 0.0699. The maximum absolute atomic E-state index is 12.9. The normalized spacial score (nSPS) is 16.6. The van der Waals surface area contributed by atoms with Crippen LogP contribution < -0.4 is 0 Å². The fraction of sp³-hybridized carbons (Fsp3) is 0.500. The van der Waals surface area contributed by atoms with E-state index in [0.717, 1.165) is 18.4 Å². The van der Waals surface area contributed by atoms with E-state index in [1.54, 1.807) is 11.9 Å². The zero-order valence-electron chi connectivity index (χ0n) is 14.7. The summed E-state index contributed by atoms with van der Waals surface area (Å²) in [4.78, 5) is 19.0. The lowest BCUT2D eigenvalue weighted by Gasteiger charge is -2.27. The van der Waals surface area contributed by atoms with Gasteiger partial charge in [-0.2, -0.15) is 0 Å². The Morgan fingerprint density at radius 2 is 2.00 bits per heavy atom. The van der Waals surface area contributed by atoms with Crippen LogP contribution in [0.15, 0.2) is 41.0 Å². The molecule has 0 aliphatic heterocycles. The van der Waals surface area contributed by atoms with Crippen molar-refractivity contribution in [2.75, 3.05) is 13.7 Å². The van der Waals surface area contributed by atoms with Crippen LogP contribution >= 0.6 is 0 Å². The van der Waals surface area contributed by atoms with Gasteiger partial charge in [0.05, 0.1) is 6.04 Å². The second kappa shape index (κ2) is 8.30. The summed E-state index contributed by atoms with van der Waals surface area (Å²) in [6, 6.07) is 9.58. The number of carbonyl (C=O) groups excluding carboxylic acids is 1. The van der Waals surface area contributed by atoms with Gasteiger partial charge in [0.15, 0.2) is 11.6 Å². The summed E-state index contributed by atoms with van der Waals surface area (Å²) in [5, 5.41) is 9.40. The molecule has 3 rings (SSSR count). The van der Waals surface area contributed by atoms with Crippen LogP contribution in [0.25, 0.3) is 0 Å². The molecule has 2 aromatic rings. The van der Waals surface area contributed by atoms with E-state index in [4.69, 9.17) is 4.42 Å². The Hall–Kier alpha value is -2.14. The number of nitrogens with zero attached hydrogens (tertiary/aromatic N) is 2. The molecule has 1 N–H and O–H groups in total. The predicted molar refractivity (Wildman–Crippen MR) is 95.3 cm³/mol. The first kappa shape index (κ1) is 17.7. The number of aliphatic hydroxyl groups is 1. The van der Waals surface area contributed by atoms with E-state index in [2.05, 4.69) is 4.98 Å². The monoisotopic (exact) mass is 342 g/mol. The number of benzene rings is 1. The Morgan fingerprint density at radius 3 is 2.68 bits per heavy atom. The number of hydrogen-bond acceptors (Lipinski definition) is 4. The van der Waals surface area contributed by atoms with Gasteiger partial charge in [-0.3, -0.25) is 4.79 Å². The fourth-order valence-electron chi connectivity index (χ4n) is 3.63. The van der Waals surface area contributed by atoms with E-state index in [1.807, 2.05) is 30.3 Å². The topological polar surface area (TPSA) is 66.6 Å². The molecule has 0 unspecified atom stereocenters. The van der Waals surface area contributed by atoms with Crippen LogP contribution in [-0.2, 0) is 0 Å². The first-order chi connectivity index (χ1) is 12.2. The number of hydrogen-bond donors (Lipinski definition) is 1. The van der Waals surface area contributed by atoms with Gasteiger partial charge in [-0.1, -0.05) is 49.6 Å². The van der Waals surface area contributed by atoms with Crippen molar-refractivity contribution in [2.24, 2.45) is 0 Å². The molecule has 5 nitrogen and oxygen atoms in total. The third kappa shape index (κ3) is 4.10. The first-order valence-corrected chi connectivity index (χ1v) is 9.09. The van der Waals surface area contributed by atoms with Gasteiger partial charge in [-0.05, 0) is 24.8 Å². The fourth-order valence-corrected chi connectivity index (χ4v) is 3.63. The predicted octanol–water partition coefficient (Wildman–Crippen LogP) is 3.92. The minimum Gasteiger partial charge on any atom is -0.448 e. The van der Waals surface area contributed by atoms with Crippen molar-refractivity contribution in [1.82, 2.24) is 9.88 Å². The van der Waals surface area contributed by atoms with Crippen LogP contribution in [0.2, 0.25) is 0 Å².